The molecule has 0 bridgehead atoms. The van der Waals surface area contributed by atoms with Crippen molar-refractivity contribution >= 4 is 18.0 Å². The quantitative estimate of drug-likeness (QED) is 0.447. The summed E-state index contributed by atoms with van der Waals surface area (Å²) in [5.74, 6) is -1.29. The lowest BCUT2D eigenvalue weighted by molar-refractivity contribution is -0.137. The van der Waals surface area contributed by atoms with E-state index in [4.69, 9.17) is 9.84 Å². The zero-order valence-electron chi connectivity index (χ0n) is 20.2. The first kappa shape index (κ1) is 24.8. The molecule has 2 aromatic rings. The molecule has 0 spiro atoms. The summed E-state index contributed by atoms with van der Waals surface area (Å²) in [6.07, 6.45) is 3.99. The molecule has 0 aromatic heterocycles. The SMILES string of the molecule is CC1(NC(=O)OCC2c3ccccc3-c3ccccc32)CCCCC1C(=O)NCCCCC(=O)O. The number of rotatable bonds is 9. The number of nitrogens with one attached hydrogen (secondary N) is 2. The summed E-state index contributed by atoms with van der Waals surface area (Å²) in [5.41, 5.74) is 3.98. The summed E-state index contributed by atoms with van der Waals surface area (Å²) in [5, 5.41) is 14.7. The molecular formula is C28H34N2O5. The Morgan fingerprint density at radius 3 is 2.31 bits per heavy atom. The summed E-state index contributed by atoms with van der Waals surface area (Å²) >= 11 is 0. The average Bonchev–Trinajstić information content (AvgIpc) is 3.16. The van der Waals surface area contributed by atoms with Crippen molar-refractivity contribution in [2.24, 2.45) is 5.92 Å². The molecular weight excluding hydrogens is 444 g/mol. The Kier molecular flexibility index (Phi) is 7.73. The van der Waals surface area contributed by atoms with Crippen LogP contribution >= 0.6 is 0 Å². The molecule has 0 aliphatic heterocycles. The Morgan fingerprint density at radius 2 is 1.66 bits per heavy atom. The van der Waals surface area contributed by atoms with Gasteiger partial charge in [-0.05, 0) is 54.9 Å². The molecule has 186 valence electrons. The Hall–Kier alpha value is -3.35. The van der Waals surface area contributed by atoms with Crippen LogP contribution in [0.25, 0.3) is 11.1 Å². The van der Waals surface area contributed by atoms with E-state index in [0.717, 1.165) is 24.0 Å². The number of carboxylic acid groups (broad SMARTS) is 1. The van der Waals surface area contributed by atoms with E-state index in [1.807, 2.05) is 31.2 Å². The minimum atomic E-state index is -0.830. The summed E-state index contributed by atoms with van der Waals surface area (Å²) < 4.78 is 5.73. The highest BCUT2D eigenvalue weighted by molar-refractivity contribution is 5.82. The molecule has 2 aliphatic rings. The zero-order valence-corrected chi connectivity index (χ0v) is 20.2. The molecule has 0 heterocycles. The van der Waals surface area contributed by atoms with Crippen LogP contribution in [0.1, 0.15) is 68.9 Å². The fraction of sp³-hybridized carbons (Fsp3) is 0.464. The second-order valence-electron chi connectivity index (χ2n) is 9.81. The number of fused-ring (bicyclic) bond motifs is 3. The van der Waals surface area contributed by atoms with Crippen LogP contribution in [0.15, 0.2) is 48.5 Å². The molecule has 35 heavy (non-hydrogen) atoms. The second-order valence-corrected chi connectivity index (χ2v) is 9.81. The maximum atomic E-state index is 12.9. The van der Waals surface area contributed by atoms with Gasteiger partial charge in [0.2, 0.25) is 5.91 Å². The predicted molar refractivity (Wildman–Crippen MR) is 133 cm³/mol. The van der Waals surface area contributed by atoms with Crippen LogP contribution in [0.5, 0.6) is 0 Å². The third-order valence-electron chi connectivity index (χ3n) is 7.37. The number of carbonyl (C=O) groups excluding carboxylic acids is 2. The van der Waals surface area contributed by atoms with Crippen LogP contribution < -0.4 is 10.6 Å². The van der Waals surface area contributed by atoms with E-state index in [0.29, 0.717) is 32.2 Å². The minimum absolute atomic E-state index is 0.0165. The summed E-state index contributed by atoms with van der Waals surface area (Å²) in [6.45, 7) is 2.59. The number of ether oxygens (including phenoxy) is 1. The van der Waals surface area contributed by atoms with E-state index in [-0.39, 0.29) is 30.8 Å². The molecule has 7 nitrogen and oxygen atoms in total. The van der Waals surface area contributed by atoms with E-state index >= 15 is 0 Å². The van der Waals surface area contributed by atoms with Crippen LogP contribution in [-0.2, 0) is 14.3 Å². The fourth-order valence-electron chi connectivity index (χ4n) is 5.51. The molecule has 2 aromatic carbocycles. The summed E-state index contributed by atoms with van der Waals surface area (Å²) in [6, 6.07) is 16.4. The molecule has 2 unspecified atom stereocenters. The summed E-state index contributed by atoms with van der Waals surface area (Å²) in [7, 11) is 0. The normalized spacial score (nSPS) is 21.0. The van der Waals surface area contributed by atoms with Gasteiger partial charge >= 0.3 is 12.1 Å². The van der Waals surface area contributed by atoms with Crippen LogP contribution in [0.4, 0.5) is 4.79 Å². The van der Waals surface area contributed by atoms with Gasteiger partial charge in [-0.25, -0.2) is 4.79 Å². The van der Waals surface area contributed by atoms with Crippen molar-refractivity contribution in [2.45, 2.75) is 63.3 Å². The lowest BCUT2D eigenvalue weighted by Crippen LogP contribution is -2.57. The third-order valence-corrected chi connectivity index (χ3v) is 7.37. The fourth-order valence-corrected chi connectivity index (χ4v) is 5.51. The monoisotopic (exact) mass is 478 g/mol. The number of benzene rings is 2. The van der Waals surface area contributed by atoms with Gasteiger partial charge in [-0.15, -0.1) is 0 Å². The van der Waals surface area contributed by atoms with Gasteiger partial charge in [0.1, 0.15) is 6.61 Å². The van der Waals surface area contributed by atoms with Crippen molar-refractivity contribution in [3.63, 3.8) is 0 Å². The van der Waals surface area contributed by atoms with E-state index < -0.39 is 17.6 Å². The number of carboxylic acids is 1. The third kappa shape index (κ3) is 5.66. The van der Waals surface area contributed by atoms with E-state index in [1.54, 1.807) is 0 Å². The van der Waals surface area contributed by atoms with E-state index in [9.17, 15) is 14.4 Å². The van der Waals surface area contributed by atoms with Crippen LogP contribution in [0, 0.1) is 5.92 Å². The molecule has 2 amide bonds. The molecule has 1 saturated carbocycles. The molecule has 7 heteroatoms. The lowest BCUT2D eigenvalue weighted by atomic mass is 9.73. The largest absolute Gasteiger partial charge is 0.481 e. The van der Waals surface area contributed by atoms with E-state index in [2.05, 4.69) is 34.9 Å². The van der Waals surface area contributed by atoms with Gasteiger partial charge in [0.05, 0.1) is 11.5 Å². The van der Waals surface area contributed by atoms with Gasteiger partial charge < -0.3 is 20.5 Å². The van der Waals surface area contributed by atoms with Crippen molar-refractivity contribution < 1.29 is 24.2 Å². The molecule has 0 saturated heterocycles. The maximum Gasteiger partial charge on any atom is 0.407 e. The maximum absolute atomic E-state index is 12.9. The second kappa shape index (κ2) is 10.9. The molecule has 2 aliphatic carbocycles. The first-order valence-electron chi connectivity index (χ1n) is 12.5. The number of unbranched alkanes of at least 4 members (excludes halogenated alkanes) is 1. The number of hydrogen-bond donors (Lipinski definition) is 3. The van der Waals surface area contributed by atoms with Crippen molar-refractivity contribution in [3.8, 4) is 11.1 Å². The molecule has 2 atom stereocenters. The smallest absolute Gasteiger partial charge is 0.407 e. The molecule has 4 rings (SSSR count). The van der Waals surface area contributed by atoms with Gasteiger partial charge in [-0.2, -0.15) is 0 Å². The number of hydrogen-bond acceptors (Lipinski definition) is 4. The Bertz CT molecular complexity index is 1040. The first-order chi connectivity index (χ1) is 16.9. The van der Waals surface area contributed by atoms with Crippen molar-refractivity contribution in [3.05, 3.63) is 59.7 Å². The Labute approximate surface area is 206 Å². The Balaban J connectivity index is 1.35. The standard InChI is InChI=1S/C28H34N2O5/c1-28(16-8-6-14-24(28)26(33)29-17-9-7-15-25(31)32)30-27(34)35-18-23-21-12-4-2-10-19(21)20-11-3-5-13-22(20)23/h2-5,10-13,23-24H,6-9,14-18H2,1H3,(H,29,33)(H,30,34)(H,31,32). The van der Waals surface area contributed by atoms with Crippen LogP contribution in [-0.4, -0.2) is 41.8 Å². The number of carbonyl (C=O) groups is 3. The van der Waals surface area contributed by atoms with Crippen LogP contribution in [0.3, 0.4) is 0 Å². The van der Waals surface area contributed by atoms with Crippen molar-refractivity contribution in [1.82, 2.24) is 10.6 Å². The molecule has 0 radical (unpaired) electrons. The number of amides is 2. The Morgan fingerprint density at radius 1 is 1.00 bits per heavy atom. The highest BCUT2D eigenvalue weighted by Crippen LogP contribution is 2.44. The average molecular weight is 479 g/mol. The van der Waals surface area contributed by atoms with Crippen molar-refractivity contribution in [1.29, 1.82) is 0 Å². The lowest BCUT2D eigenvalue weighted by Gasteiger charge is -2.40. The van der Waals surface area contributed by atoms with Gasteiger partial charge in [0.25, 0.3) is 0 Å². The van der Waals surface area contributed by atoms with E-state index in [1.165, 1.54) is 11.1 Å². The van der Waals surface area contributed by atoms with Gasteiger partial charge in [-0.3, -0.25) is 9.59 Å². The molecule has 1 fully saturated rings. The first-order valence-corrected chi connectivity index (χ1v) is 12.5. The minimum Gasteiger partial charge on any atom is -0.481 e. The van der Waals surface area contributed by atoms with Crippen LogP contribution in [0.2, 0.25) is 0 Å². The predicted octanol–water partition coefficient (Wildman–Crippen LogP) is 4.85. The number of aliphatic carboxylic acids is 1. The topological polar surface area (TPSA) is 105 Å². The van der Waals surface area contributed by atoms with Gasteiger partial charge in [0, 0.05) is 18.9 Å². The van der Waals surface area contributed by atoms with Gasteiger partial charge in [-0.1, -0.05) is 61.4 Å². The van der Waals surface area contributed by atoms with Crippen molar-refractivity contribution in [2.75, 3.05) is 13.2 Å². The number of alkyl carbamates (subject to hydrolysis) is 1. The van der Waals surface area contributed by atoms with Gasteiger partial charge in [0.15, 0.2) is 0 Å². The molecule has 3 N–H and O–H groups in total. The summed E-state index contributed by atoms with van der Waals surface area (Å²) in [4.78, 5) is 36.5. The highest BCUT2D eigenvalue weighted by Gasteiger charge is 2.42. The zero-order chi connectivity index (χ0) is 24.8. The highest BCUT2D eigenvalue weighted by atomic mass is 16.5.